The van der Waals surface area contributed by atoms with Crippen molar-refractivity contribution in [3.05, 3.63) is 63.9 Å². The van der Waals surface area contributed by atoms with Gasteiger partial charge in [0.15, 0.2) is 22.6 Å². The Hall–Kier alpha value is -2.52. The number of aromatic nitrogens is 1. The van der Waals surface area contributed by atoms with Gasteiger partial charge in [0, 0.05) is 37.2 Å². The number of hydrogen-bond donors (Lipinski definition) is 1. The van der Waals surface area contributed by atoms with Crippen LogP contribution in [0, 0.1) is 17.6 Å². The molecule has 1 aromatic carbocycles. The lowest BCUT2D eigenvalue weighted by Crippen LogP contribution is -2.45. The fourth-order valence-electron chi connectivity index (χ4n) is 5.17. The van der Waals surface area contributed by atoms with Gasteiger partial charge in [-0.25, -0.2) is 8.78 Å². The molecule has 2 aliphatic heterocycles. The van der Waals surface area contributed by atoms with E-state index in [1.165, 1.54) is 30.1 Å². The molecule has 3 heterocycles. The van der Waals surface area contributed by atoms with Crippen molar-refractivity contribution in [2.24, 2.45) is 16.6 Å². The van der Waals surface area contributed by atoms with Crippen molar-refractivity contribution in [2.45, 2.75) is 42.9 Å². The number of likely N-dealkylation sites (tertiary alicyclic amines) is 1. The first-order chi connectivity index (χ1) is 16.1. The topological polar surface area (TPSA) is 88.6 Å². The SMILES string of the molecule is C[C@]1(c2cc(CC(=O)c3ccc(Cl)cn3)cc(F)c2F)N=C(N)S[C@@]2(C(=O)N3CCCC3)C[C@H]21. The summed E-state index contributed by atoms with van der Waals surface area (Å²) in [6.45, 7) is 3.08. The number of halogens is 3. The number of carbonyl (C=O) groups excluding carboxylic acids is 2. The molecule has 178 valence electrons. The first-order valence-electron chi connectivity index (χ1n) is 11.1. The molecule has 5 rings (SSSR count). The molecule has 1 aliphatic carbocycles. The summed E-state index contributed by atoms with van der Waals surface area (Å²) in [5.74, 6) is -2.81. The second-order valence-electron chi connectivity index (χ2n) is 9.25. The van der Waals surface area contributed by atoms with Gasteiger partial charge in [-0.2, -0.15) is 0 Å². The number of nitrogens with zero attached hydrogens (tertiary/aromatic N) is 3. The van der Waals surface area contributed by atoms with Gasteiger partial charge in [-0.05, 0) is 56.0 Å². The predicted octanol–water partition coefficient (Wildman–Crippen LogP) is 4.10. The highest BCUT2D eigenvalue weighted by Gasteiger charge is 2.71. The van der Waals surface area contributed by atoms with E-state index in [4.69, 9.17) is 17.3 Å². The maximum atomic E-state index is 15.2. The summed E-state index contributed by atoms with van der Waals surface area (Å²) < 4.78 is 29.1. The number of ketones is 1. The molecule has 0 spiro atoms. The number of amidine groups is 1. The van der Waals surface area contributed by atoms with E-state index in [1.54, 1.807) is 13.0 Å². The molecule has 1 amide bonds. The zero-order valence-corrected chi connectivity index (χ0v) is 20.1. The van der Waals surface area contributed by atoms with Crippen molar-refractivity contribution in [1.29, 1.82) is 0 Å². The van der Waals surface area contributed by atoms with E-state index in [-0.39, 0.29) is 40.5 Å². The fraction of sp³-hybridized carbons (Fsp3) is 0.417. The van der Waals surface area contributed by atoms with Crippen LogP contribution in [-0.2, 0) is 16.8 Å². The fourth-order valence-corrected chi connectivity index (χ4v) is 6.73. The Labute approximate surface area is 205 Å². The molecule has 2 N–H and O–H groups in total. The molecule has 2 fully saturated rings. The first-order valence-corrected chi connectivity index (χ1v) is 12.3. The molecule has 34 heavy (non-hydrogen) atoms. The minimum atomic E-state index is -1.23. The summed E-state index contributed by atoms with van der Waals surface area (Å²) in [6.07, 6.45) is 3.57. The van der Waals surface area contributed by atoms with Crippen LogP contribution in [-0.4, -0.2) is 44.6 Å². The van der Waals surface area contributed by atoms with Gasteiger partial charge in [-0.1, -0.05) is 23.4 Å². The van der Waals surface area contributed by atoms with Gasteiger partial charge in [0.1, 0.15) is 10.4 Å². The number of nitrogens with two attached hydrogens (primary N) is 1. The lowest BCUT2D eigenvalue weighted by Gasteiger charge is -2.35. The van der Waals surface area contributed by atoms with Crippen LogP contribution in [0.4, 0.5) is 8.78 Å². The Kier molecular flexibility index (Phi) is 5.67. The number of Topliss-reactive ketones (excluding diaryl/α,β-unsaturated/α-hetero) is 1. The van der Waals surface area contributed by atoms with E-state index in [9.17, 15) is 14.0 Å². The van der Waals surface area contributed by atoms with E-state index in [1.807, 2.05) is 4.90 Å². The maximum absolute atomic E-state index is 15.2. The Morgan fingerprint density at radius 1 is 1.26 bits per heavy atom. The van der Waals surface area contributed by atoms with Gasteiger partial charge < -0.3 is 10.6 Å². The molecule has 1 saturated carbocycles. The Morgan fingerprint density at radius 3 is 2.68 bits per heavy atom. The molecule has 0 radical (unpaired) electrons. The Morgan fingerprint density at radius 2 is 2.00 bits per heavy atom. The molecular formula is C24H23ClF2N4O2S. The molecule has 1 aromatic heterocycles. The number of carbonyl (C=O) groups is 2. The minimum absolute atomic E-state index is 0.00344. The summed E-state index contributed by atoms with van der Waals surface area (Å²) in [5.41, 5.74) is 5.38. The Balaban J connectivity index is 1.48. The monoisotopic (exact) mass is 504 g/mol. The van der Waals surface area contributed by atoms with Crippen molar-refractivity contribution < 1.29 is 18.4 Å². The minimum Gasteiger partial charge on any atom is -0.378 e. The molecule has 10 heteroatoms. The van der Waals surface area contributed by atoms with Crippen LogP contribution in [0.2, 0.25) is 5.02 Å². The normalized spacial score (nSPS) is 27.8. The smallest absolute Gasteiger partial charge is 0.239 e. The number of aliphatic imine (C=N–C) groups is 1. The van der Waals surface area contributed by atoms with Crippen LogP contribution < -0.4 is 5.73 Å². The number of fused-ring (bicyclic) bond motifs is 1. The quantitative estimate of drug-likeness (QED) is 0.619. The number of benzene rings is 1. The summed E-state index contributed by atoms with van der Waals surface area (Å²) in [7, 11) is 0. The summed E-state index contributed by atoms with van der Waals surface area (Å²) in [4.78, 5) is 36.4. The third kappa shape index (κ3) is 3.79. The van der Waals surface area contributed by atoms with E-state index in [2.05, 4.69) is 9.98 Å². The third-order valence-electron chi connectivity index (χ3n) is 6.98. The third-order valence-corrected chi connectivity index (χ3v) is 8.50. The van der Waals surface area contributed by atoms with Gasteiger partial charge in [0.2, 0.25) is 5.91 Å². The summed E-state index contributed by atoms with van der Waals surface area (Å²) >= 11 is 7.05. The van der Waals surface area contributed by atoms with Gasteiger partial charge in [-0.15, -0.1) is 0 Å². The van der Waals surface area contributed by atoms with Gasteiger partial charge in [-0.3, -0.25) is 19.6 Å². The molecule has 1 saturated heterocycles. The van der Waals surface area contributed by atoms with Crippen LogP contribution in [0.15, 0.2) is 35.5 Å². The van der Waals surface area contributed by atoms with Crippen molar-refractivity contribution in [2.75, 3.05) is 13.1 Å². The van der Waals surface area contributed by atoms with Crippen molar-refractivity contribution >= 4 is 40.2 Å². The highest BCUT2D eigenvalue weighted by atomic mass is 35.5. The summed E-state index contributed by atoms with van der Waals surface area (Å²) in [5, 5.41) is 0.567. The maximum Gasteiger partial charge on any atom is 0.239 e. The molecular weight excluding hydrogens is 482 g/mol. The van der Waals surface area contributed by atoms with Crippen molar-refractivity contribution in [3.8, 4) is 0 Å². The summed E-state index contributed by atoms with van der Waals surface area (Å²) in [6, 6.07) is 5.50. The van der Waals surface area contributed by atoms with Crippen molar-refractivity contribution in [1.82, 2.24) is 9.88 Å². The first kappa shape index (κ1) is 23.2. The van der Waals surface area contributed by atoms with E-state index >= 15 is 4.39 Å². The lowest BCUT2D eigenvalue weighted by molar-refractivity contribution is -0.130. The highest BCUT2D eigenvalue weighted by Crippen LogP contribution is 2.66. The van der Waals surface area contributed by atoms with E-state index in [0.717, 1.165) is 18.9 Å². The van der Waals surface area contributed by atoms with E-state index < -0.39 is 21.9 Å². The zero-order chi connectivity index (χ0) is 24.3. The van der Waals surface area contributed by atoms with Crippen LogP contribution in [0.3, 0.4) is 0 Å². The molecule has 0 bridgehead atoms. The standard InChI is InChI=1S/C24H23ClF2N4O2S/c1-23(19-11-24(19,34-22(28)30-23)21(33)31-6-2-3-7-31)15-8-13(9-16(26)20(15)27)10-18(32)17-5-4-14(25)12-29-17/h4-5,8-9,12,19H,2-3,6-7,10-11H2,1H3,(H2,28,30)/t19-,23+,24-/m0/s1. The second kappa shape index (κ2) is 8.30. The number of rotatable bonds is 5. The largest absolute Gasteiger partial charge is 0.378 e. The highest BCUT2D eigenvalue weighted by molar-refractivity contribution is 8.15. The van der Waals surface area contributed by atoms with Crippen LogP contribution in [0.5, 0.6) is 0 Å². The van der Waals surface area contributed by atoms with Gasteiger partial charge in [0.25, 0.3) is 0 Å². The number of hydrogen-bond acceptors (Lipinski definition) is 6. The number of pyridine rings is 1. The molecule has 3 aliphatic rings. The second-order valence-corrected chi connectivity index (χ2v) is 11.0. The number of thioether (sulfide) groups is 1. The van der Waals surface area contributed by atoms with Crippen LogP contribution >= 0.6 is 23.4 Å². The molecule has 0 unspecified atom stereocenters. The van der Waals surface area contributed by atoms with Gasteiger partial charge in [0.05, 0.1) is 10.6 Å². The average Bonchev–Trinajstić information content (AvgIpc) is 3.30. The average molecular weight is 505 g/mol. The van der Waals surface area contributed by atoms with Crippen molar-refractivity contribution in [3.63, 3.8) is 0 Å². The zero-order valence-electron chi connectivity index (χ0n) is 18.5. The van der Waals surface area contributed by atoms with Crippen LogP contribution in [0.1, 0.15) is 47.8 Å². The molecule has 2 aromatic rings. The molecule has 3 atom stereocenters. The predicted molar refractivity (Wildman–Crippen MR) is 127 cm³/mol. The van der Waals surface area contributed by atoms with Gasteiger partial charge >= 0.3 is 0 Å². The lowest BCUT2D eigenvalue weighted by atomic mass is 9.84. The number of amides is 1. The molecule has 6 nitrogen and oxygen atoms in total. The van der Waals surface area contributed by atoms with Crippen LogP contribution in [0.25, 0.3) is 0 Å². The Bertz CT molecular complexity index is 1220. The van der Waals surface area contributed by atoms with E-state index in [0.29, 0.717) is 30.1 Å².